The van der Waals surface area contributed by atoms with Gasteiger partial charge in [-0.25, -0.2) is 4.98 Å². The molecule has 1 unspecified atom stereocenters. The predicted octanol–water partition coefficient (Wildman–Crippen LogP) is 1.86. The zero-order chi connectivity index (χ0) is 14.6. The zero-order valence-corrected chi connectivity index (χ0v) is 11.0. The van der Waals surface area contributed by atoms with Gasteiger partial charge in [-0.3, -0.25) is 4.79 Å². The summed E-state index contributed by atoms with van der Waals surface area (Å²) in [5.74, 6) is -1.45. The molecule has 5 heteroatoms. The number of aliphatic hydroxyl groups excluding tert-OH is 1. The normalized spacial score (nSPS) is 13.6. The van der Waals surface area contributed by atoms with Gasteiger partial charge in [-0.1, -0.05) is 30.3 Å². The number of nitrogens with one attached hydrogen (secondary N) is 1. The summed E-state index contributed by atoms with van der Waals surface area (Å²) in [6.45, 7) is 1.37. The van der Waals surface area contributed by atoms with Crippen molar-refractivity contribution in [2.45, 2.75) is 12.5 Å². The monoisotopic (exact) mass is 274 g/mol. The van der Waals surface area contributed by atoms with Gasteiger partial charge in [-0.05, 0) is 24.6 Å². The molecule has 0 fully saturated rings. The van der Waals surface area contributed by atoms with Gasteiger partial charge in [0.25, 0.3) is 5.91 Å². The quantitative estimate of drug-likeness (QED) is 0.836. The molecule has 1 aromatic heterocycles. The van der Waals surface area contributed by atoms with Crippen molar-refractivity contribution in [2.24, 2.45) is 0 Å². The highest BCUT2D eigenvalue weighted by atomic mass is 19.1. The standard InChI is InChI=1S/C15H15FN2O2/c1-15(10-19,11-6-3-2-4-7-11)18-14(20)12-8-5-9-17-13(12)16/h2-9,19H,10H2,1H3,(H,18,20). The lowest BCUT2D eigenvalue weighted by molar-refractivity contribution is 0.0844. The highest BCUT2D eigenvalue weighted by Crippen LogP contribution is 2.20. The summed E-state index contributed by atoms with van der Waals surface area (Å²) in [7, 11) is 0. The minimum Gasteiger partial charge on any atom is -0.394 e. The van der Waals surface area contributed by atoms with E-state index >= 15 is 0 Å². The minimum absolute atomic E-state index is 0.150. The van der Waals surface area contributed by atoms with E-state index in [2.05, 4.69) is 10.3 Å². The van der Waals surface area contributed by atoms with Crippen LogP contribution in [0.25, 0.3) is 0 Å². The fourth-order valence-corrected chi connectivity index (χ4v) is 1.88. The molecule has 104 valence electrons. The molecule has 0 saturated heterocycles. The van der Waals surface area contributed by atoms with Crippen LogP contribution >= 0.6 is 0 Å². The van der Waals surface area contributed by atoms with Gasteiger partial charge in [0.05, 0.1) is 17.7 Å². The van der Waals surface area contributed by atoms with E-state index in [0.29, 0.717) is 0 Å². The first-order valence-corrected chi connectivity index (χ1v) is 6.16. The van der Waals surface area contributed by atoms with Gasteiger partial charge in [-0.2, -0.15) is 4.39 Å². The van der Waals surface area contributed by atoms with Crippen LogP contribution in [0.5, 0.6) is 0 Å². The first-order chi connectivity index (χ1) is 9.57. The maximum absolute atomic E-state index is 13.5. The Balaban J connectivity index is 2.27. The van der Waals surface area contributed by atoms with E-state index in [1.54, 1.807) is 31.2 Å². The van der Waals surface area contributed by atoms with Crippen LogP contribution in [0.3, 0.4) is 0 Å². The van der Waals surface area contributed by atoms with E-state index in [0.717, 1.165) is 5.56 Å². The molecule has 0 saturated carbocycles. The molecular weight excluding hydrogens is 259 g/mol. The number of carbonyl (C=O) groups is 1. The number of carbonyl (C=O) groups excluding carboxylic acids is 1. The third-order valence-electron chi connectivity index (χ3n) is 3.12. The van der Waals surface area contributed by atoms with Gasteiger partial charge in [0, 0.05) is 6.20 Å². The third-order valence-corrected chi connectivity index (χ3v) is 3.12. The molecule has 2 N–H and O–H groups in total. The van der Waals surface area contributed by atoms with Crippen molar-refractivity contribution in [2.75, 3.05) is 6.61 Å². The minimum atomic E-state index is -0.985. The Morgan fingerprint density at radius 2 is 2.00 bits per heavy atom. The van der Waals surface area contributed by atoms with Crippen LogP contribution in [-0.2, 0) is 5.54 Å². The van der Waals surface area contributed by atoms with Crippen molar-refractivity contribution in [3.8, 4) is 0 Å². The number of aliphatic hydroxyl groups is 1. The summed E-state index contributed by atoms with van der Waals surface area (Å²) in [5.41, 5.74) is -0.399. The molecule has 1 atom stereocenters. The molecule has 0 spiro atoms. The highest BCUT2D eigenvalue weighted by molar-refractivity contribution is 5.94. The largest absolute Gasteiger partial charge is 0.394 e. The average Bonchev–Trinajstić information content (AvgIpc) is 2.48. The molecule has 0 aliphatic heterocycles. The molecule has 4 nitrogen and oxygen atoms in total. The van der Waals surface area contributed by atoms with Crippen LogP contribution in [0.2, 0.25) is 0 Å². The van der Waals surface area contributed by atoms with Crippen LogP contribution in [0.4, 0.5) is 4.39 Å². The van der Waals surface area contributed by atoms with Gasteiger partial charge in [-0.15, -0.1) is 0 Å². The number of hydrogen-bond donors (Lipinski definition) is 2. The average molecular weight is 274 g/mol. The maximum Gasteiger partial charge on any atom is 0.256 e. The van der Waals surface area contributed by atoms with E-state index in [1.807, 2.05) is 6.07 Å². The summed E-state index contributed by atoms with van der Waals surface area (Å²) < 4.78 is 13.5. The molecular formula is C15H15FN2O2. The molecule has 1 amide bonds. The summed E-state index contributed by atoms with van der Waals surface area (Å²) in [6.07, 6.45) is 1.27. The van der Waals surface area contributed by atoms with Gasteiger partial charge >= 0.3 is 0 Å². The lowest BCUT2D eigenvalue weighted by atomic mass is 9.92. The third kappa shape index (κ3) is 2.83. The number of amides is 1. The molecule has 2 aromatic rings. The number of hydrogen-bond acceptors (Lipinski definition) is 3. The number of halogens is 1. The lowest BCUT2D eigenvalue weighted by Crippen LogP contribution is -2.46. The Hall–Kier alpha value is -2.27. The van der Waals surface area contributed by atoms with Gasteiger partial charge in [0.1, 0.15) is 0 Å². The summed E-state index contributed by atoms with van der Waals surface area (Å²) in [5, 5.41) is 12.2. The SMILES string of the molecule is CC(CO)(NC(=O)c1cccnc1F)c1ccccc1. The van der Waals surface area contributed by atoms with Crippen molar-refractivity contribution < 1.29 is 14.3 Å². The molecule has 0 radical (unpaired) electrons. The van der Waals surface area contributed by atoms with Crippen molar-refractivity contribution in [1.29, 1.82) is 0 Å². The van der Waals surface area contributed by atoms with Crippen LogP contribution in [0.15, 0.2) is 48.7 Å². The van der Waals surface area contributed by atoms with Crippen LogP contribution in [-0.4, -0.2) is 22.6 Å². The summed E-state index contributed by atoms with van der Waals surface area (Å²) >= 11 is 0. The number of rotatable bonds is 4. The van der Waals surface area contributed by atoms with E-state index in [4.69, 9.17) is 0 Å². The molecule has 20 heavy (non-hydrogen) atoms. The molecule has 0 aliphatic rings. The number of benzene rings is 1. The van der Waals surface area contributed by atoms with Crippen molar-refractivity contribution in [1.82, 2.24) is 10.3 Å². The maximum atomic E-state index is 13.5. The van der Waals surface area contributed by atoms with Crippen LogP contribution < -0.4 is 5.32 Å². The Morgan fingerprint density at radius 3 is 2.60 bits per heavy atom. The fourth-order valence-electron chi connectivity index (χ4n) is 1.88. The second-order valence-electron chi connectivity index (χ2n) is 4.65. The highest BCUT2D eigenvalue weighted by Gasteiger charge is 2.29. The van der Waals surface area contributed by atoms with Crippen LogP contribution in [0, 0.1) is 5.95 Å². The van der Waals surface area contributed by atoms with Crippen LogP contribution in [0.1, 0.15) is 22.8 Å². The molecule has 1 heterocycles. The molecule has 0 bridgehead atoms. The van der Waals surface area contributed by atoms with Crippen molar-refractivity contribution in [3.63, 3.8) is 0 Å². The van der Waals surface area contributed by atoms with E-state index in [1.165, 1.54) is 18.3 Å². The second-order valence-corrected chi connectivity index (χ2v) is 4.65. The summed E-state index contributed by atoms with van der Waals surface area (Å²) in [4.78, 5) is 15.5. The Bertz CT molecular complexity index is 604. The Morgan fingerprint density at radius 1 is 1.30 bits per heavy atom. The lowest BCUT2D eigenvalue weighted by Gasteiger charge is -2.29. The van der Waals surface area contributed by atoms with Gasteiger partial charge < -0.3 is 10.4 Å². The number of pyridine rings is 1. The van der Waals surface area contributed by atoms with Gasteiger partial charge in [0.2, 0.25) is 5.95 Å². The number of nitrogens with zero attached hydrogens (tertiary/aromatic N) is 1. The predicted molar refractivity (Wildman–Crippen MR) is 72.5 cm³/mol. The molecule has 1 aromatic carbocycles. The van der Waals surface area contributed by atoms with E-state index in [9.17, 15) is 14.3 Å². The van der Waals surface area contributed by atoms with E-state index in [-0.39, 0.29) is 12.2 Å². The number of aromatic nitrogens is 1. The van der Waals surface area contributed by atoms with Crippen molar-refractivity contribution >= 4 is 5.91 Å². The second kappa shape index (κ2) is 5.79. The summed E-state index contributed by atoms with van der Waals surface area (Å²) in [6, 6.07) is 11.9. The molecule has 0 aliphatic carbocycles. The molecule has 2 rings (SSSR count). The Labute approximate surface area is 116 Å². The smallest absolute Gasteiger partial charge is 0.256 e. The topological polar surface area (TPSA) is 62.2 Å². The zero-order valence-electron chi connectivity index (χ0n) is 11.0. The Kier molecular flexibility index (Phi) is 4.10. The van der Waals surface area contributed by atoms with Crippen molar-refractivity contribution in [3.05, 3.63) is 65.7 Å². The first kappa shape index (κ1) is 14.1. The van der Waals surface area contributed by atoms with Gasteiger partial charge in [0.15, 0.2) is 0 Å². The first-order valence-electron chi connectivity index (χ1n) is 6.16. The fraction of sp³-hybridized carbons (Fsp3) is 0.200. The van der Waals surface area contributed by atoms with E-state index < -0.39 is 17.4 Å².